The summed E-state index contributed by atoms with van der Waals surface area (Å²) in [4.78, 5) is 18.0. The fourth-order valence-electron chi connectivity index (χ4n) is 0. The number of aliphatic carboxylic acids is 2. The van der Waals surface area contributed by atoms with E-state index in [1.165, 1.54) is 0 Å². The Morgan fingerprint density at radius 2 is 1.57 bits per heavy atom. The van der Waals surface area contributed by atoms with Crippen molar-refractivity contribution >= 4 is 11.9 Å². The Kier molecular flexibility index (Phi) is 7.98. The number of carbonyl (C=O) groups is 2. The molecule has 0 unspecified atom stereocenters. The van der Waals surface area contributed by atoms with Gasteiger partial charge in [0.2, 0.25) is 0 Å². The Balaban J connectivity index is 0. The molecule has 0 saturated carbocycles. The molecular weight excluding hydrogens is 221 g/mol. The summed E-state index contributed by atoms with van der Waals surface area (Å²) in [5, 5.41) is 16.3. The van der Waals surface area contributed by atoms with Gasteiger partial charge in [-0.15, -0.1) is 0 Å². The van der Waals surface area contributed by atoms with Crippen LogP contribution in [-0.4, -0.2) is 17.0 Å². The van der Waals surface area contributed by atoms with Gasteiger partial charge in [0.05, 0.1) is 0 Å². The summed E-state index contributed by atoms with van der Waals surface area (Å²) in [5.41, 5.74) is 0. The zero-order valence-electron chi connectivity index (χ0n) is 3.67. The van der Waals surface area contributed by atoms with E-state index in [9.17, 15) is 0 Å². The first-order valence-corrected chi connectivity index (χ1v) is 1.09. The Bertz CT molecular complexity index is 75.7. The van der Waals surface area contributed by atoms with Crippen LogP contribution in [0.1, 0.15) is 0 Å². The standard InChI is InChI=1S/C2H2O4.Cs/c3-1(4)2(5)6;/h(H,3,4)(H,5,6);/q;+1/p-1. The van der Waals surface area contributed by atoms with Crippen LogP contribution in [-0.2, 0) is 9.59 Å². The van der Waals surface area contributed by atoms with E-state index < -0.39 is 11.9 Å². The Morgan fingerprint density at radius 3 is 1.57 bits per heavy atom. The third-order valence-corrected chi connectivity index (χ3v) is 0.175. The third kappa shape index (κ3) is 6.99. The van der Waals surface area contributed by atoms with E-state index in [0.29, 0.717) is 0 Å². The molecule has 5 heteroatoms. The van der Waals surface area contributed by atoms with E-state index >= 15 is 0 Å². The predicted octanol–water partition coefficient (Wildman–Crippen LogP) is -5.18. The number of carboxylic acid groups (broad SMARTS) is 2. The molecule has 7 heavy (non-hydrogen) atoms. The van der Waals surface area contributed by atoms with Crippen molar-refractivity contribution in [2.24, 2.45) is 0 Å². The number of carbonyl (C=O) groups excluding carboxylic acids is 1. The molecule has 0 radical (unpaired) electrons. The molecule has 0 atom stereocenters. The van der Waals surface area contributed by atoms with E-state index in [0.717, 1.165) is 0 Å². The van der Waals surface area contributed by atoms with Crippen LogP contribution >= 0.6 is 0 Å². The predicted molar refractivity (Wildman–Crippen MR) is 12.6 cm³/mol. The minimum absolute atomic E-state index is 0. The molecule has 0 fully saturated rings. The molecule has 0 bridgehead atoms. The molecule has 34 valence electrons. The molecule has 4 nitrogen and oxygen atoms in total. The van der Waals surface area contributed by atoms with Crippen molar-refractivity contribution in [3.05, 3.63) is 0 Å². The third-order valence-electron chi connectivity index (χ3n) is 0.175. The zero-order chi connectivity index (χ0) is 5.15. The van der Waals surface area contributed by atoms with E-state index in [-0.39, 0.29) is 68.9 Å². The maximum atomic E-state index is 9.04. The van der Waals surface area contributed by atoms with E-state index in [4.69, 9.17) is 19.8 Å². The first-order valence-electron chi connectivity index (χ1n) is 1.09. The summed E-state index contributed by atoms with van der Waals surface area (Å²) < 4.78 is 0. The van der Waals surface area contributed by atoms with Crippen molar-refractivity contribution in [3.63, 3.8) is 0 Å². The maximum Gasteiger partial charge on any atom is 1.00 e. The number of rotatable bonds is 0. The maximum absolute atomic E-state index is 9.04. The van der Waals surface area contributed by atoms with Gasteiger partial charge in [-0.2, -0.15) is 0 Å². The SMILES string of the molecule is O=C([O-])C(=O)O.[Cs+]. The average molecular weight is 222 g/mol. The summed E-state index contributed by atoms with van der Waals surface area (Å²) in [5.74, 6) is -4.01. The van der Waals surface area contributed by atoms with Gasteiger partial charge in [-0.1, -0.05) is 0 Å². The quantitative estimate of drug-likeness (QED) is 0.415. The van der Waals surface area contributed by atoms with Crippen LogP contribution in [0.25, 0.3) is 0 Å². The summed E-state index contributed by atoms with van der Waals surface area (Å²) in [6, 6.07) is 0. The molecule has 1 N–H and O–H groups in total. The number of carboxylic acids is 2. The van der Waals surface area contributed by atoms with Gasteiger partial charge in [-0.05, 0) is 0 Å². The van der Waals surface area contributed by atoms with Crippen LogP contribution in [0.2, 0.25) is 0 Å². The summed E-state index contributed by atoms with van der Waals surface area (Å²) >= 11 is 0. The Hall–Kier alpha value is 0.992. The van der Waals surface area contributed by atoms with Gasteiger partial charge in [0.1, 0.15) is 0 Å². The van der Waals surface area contributed by atoms with Gasteiger partial charge in [0.25, 0.3) is 0 Å². The van der Waals surface area contributed by atoms with Crippen molar-refractivity contribution in [1.29, 1.82) is 0 Å². The van der Waals surface area contributed by atoms with Gasteiger partial charge in [0.15, 0.2) is 5.97 Å². The van der Waals surface area contributed by atoms with Gasteiger partial charge in [0, 0.05) is 0 Å². The largest absolute Gasteiger partial charge is 1.00 e. The molecule has 0 rings (SSSR count). The number of hydrogen-bond acceptors (Lipinski definition) is 3. The van der Waals surface area contributed by atoms with Gasteiger partial charge in [-0.25, -0.2) is 4.79 Å². The molecule has 0 amide bonds. The monoisotopic (exact) mass is 222 g/mol. The molecule has 0 aliphatic heterocycles. The minimum atomic E-state index is -2.07. The topological polar surface area (TPSA) is 77.4 Å². The van der Waals surface area contributed by atoms with Crippen LogP contribution in [0, 0.1) is 0 Å². The Morgan fingerprint density at radius 1 is 1.43 bits per heavy atom. The molecule has 0 aliphatic rings. The van der Waals surface area contributed by atoms with Crippen molar-refractivity contribution in [3.8, 4) is 0 Å². The molecule has 0 spiro atoms. The molecule has 0 aromatic heterocycles. The average Bonchev–Trinajstić information content (AvgIpc) is 1.36. The van der Waals surface area contributed by atoms with E-state index in [2.05, 4.69) is 0 Å². The van der Waals surface area contributed by atoms with E-state index in [1.807, 2.05) is 0 Å². The first-order chi connectivity index (χ1) is 2.64. The Labute approximate surface area is 98.3 Å². The number of hydrogen-bond donors (Lipinski definition) is 1. The van der Waals surface area contributed by atoms with Crippen molar-refractivity contribution in [1.82, 2.24) is 0 Å². The molecule has 0 saturated heterocycles. The normalized spacial score (nSPS) is 6.29. The van der Waals surface area contributed by atoms with Crippen molar-refractivity contribution in [2.75, 3.05) is 0 Å². The summed E-state index contributed by atoms with van der Waals surface area (Å²) in [6.45, 7) is 0. The second kappa shape index (κ2) is 5.13. The summed E-state index contributed by atoms with van der Waals surface area (Å²) in [6.07, 6.45) is 0. The fourth-order valence-corrected chi connectivity index (χ4v) is 0. The van der Waals surface area contributed by atoms with Crippen LogP contribution < -0.4 is 74.0 Å². The van der Waals surface area contributed by atoms with Crippen molar-refractivity contribution < 1.29 is 88.7 Å². The van der Waals surface area contributed by atoms with Gasteiger partial charge >= 0.3 is 74.9 Å². The second-order valence-electron chi connectivity index (χ2n) is 0.593. The van der Waals surface area contributed by atoms with Crippen LogP contribution in [0.15, 0.2) is 0 Å². The van der Waals surface area contributed by atoms with Crippen LogP contribution in [0.4, 0.5) is 0 Å². The van der Waals surface area contributed by atoms with Gasteiger partial charge < -0.3 is 15.0 Å². The van der Waals surface area contributed by atoms with Gasteiger partial charge in [-0.3, -0.25) is 0 Å². The smallest absolute Gasteiger partial charge is 0.539 e. The summed E-state index contributed by atoms with van der Waals surface area (Å²) in [7, 11) is 0. The first kappa shape index (κ1) is 10.9. The van der Waals surface area contributed by atoms with Crippen LogP contribution in [0.3, 0.4) is 0 Å². The van der Waals surface area contributed by atoms with Crippen molar-refractivity contribution in [2.45, 2.75) is 0 Å². The minimum Gasteiger partial charge on any atom is -0.539 e. The molecule has 0 aromatic rings. The van der Waals surface area contributed by atoms with E-state index in [1.54, 1.807) is 0 Å². The molecule has 0 aliphatic carbocycles. The second-order valence-corrected chi connectivity index (χ2v) is 0.593. The molecule has 0 heterocycles. The molecule has 0 aromatic carbocycles. The fraction of sp³-hybridized carbons (Fsp3) is 0. The zero-order valence-corrected chi connectivity index (χ0v) is 9.95. The van der Waals surface area contributed by atoms with Crippen LogP contribution in [0.5, 0.6) is 0 Å². The molecular formula is C2HCsO4.